The Hall–Kier alpha value is -1.72. The van der Waals surface area contributed by atoms with Gasteiger partial charge in [0, 0.05) is 12.1 Å². The van der Waals surface area contributed by atoms with Crippen molar-refractivity contribution in [3.63, 3.8) is 0 Å². The second-order valence-corrected chi connectivity index (χ2v) is 5.51. The molecule has 0 spiro atoms. The highest BCUT2D eigenvalue weighted by Crippen LogP contribution is 2.35. The van der Waals surface area contributed by atoms with Gasteiger partial charge in [0.05, 0.1) is 11.3 Å². The quantitative estimate of drug-likeness (QED) is 0.813. The van der Waals surface area contributed by atoms with Crippen LogP contribution in [0.25, 0.3) is 0 Å². The number of halogens is 3. The molecule has 2 rings (SSSR count). The van der Waals surface area contributed by atoms with E-state index < -0.39 is 17.8 Å². The summed E-state index contributed by atoms with van der Waals surface area (Å²) in [6.45, 7) is 3.84. The number of urea groups is 1. The molecule has 2 amide bonds. The molecule has 0 radical (unpaired) electrons. The number of carbonyl (C=O) groups is 1. The number of likely N-dealkylation sites (tertiary alicyclic amines) is 1. The number of nitrogens with zero attached hydrogens (tertiary/aromatic N) is 1. The van der Waals surface area contributed by atoms with Gasteiger partial charge in [-0.25, -0.2) is 4.79 Å². The first-order valence-corrected chi connectivity index (χ1v) is 7.06. The second kappa shape index (κ2) is 5.95. The Bertz CT molecular complexity index is 506. The third-order valence-corrected chi connectivity index (χ3v) is 3.90. The maximum Gasteiger partial charge on any atom is 0.418 e. The molecule has 116 valence electrons. The number of carbonyl (C=O) groups excluding carboxylic acids is 1. The first kappa shape index (κ1) is 15.7. The molecular weight excluding hydrogens is 281 g/mol. The van der Waals surface area contributed by atoms with Crippen LogP contribution in [0.1, 0.15) is 38.7 Å². The highest BCUT2D eigenvalue weighted by molar-refractivity contribution is 5.90. The molecule has 1 heterocycles. The van der Waals surface area contributed by atoms with E-state index in [-0.39, 0.29) is 17.8 Å². The van der Waals surface area contributed by atoms with Crippen LogP contribution in [0.3, 0.4) is 0 Å². The summed E-state index contributed by atoms with van der Waals surface area (Å²) >= 11 is 0. The Morgan fingerprint density at radius 2 is 1.76 bits per heavy atom. The van der Waals surface area contributed by atoms with E-state index in [1.807, 2.05) is 13.8 Å². The molecule has 1 aliphatic rings. The lowest BCUT2D eigenvalue weighted by atomic mass is 9.98. The molecule has 6 heteroatoms. The molecule has 21 heavy (non-hydrogen) atoms. The normalized spacial score (nSPS) is 23.0. The minimum Gasteiger partial charge on any atom is -0.319 e. The number of piperidine rings is 1. The van der Waals surface area contributed by atoms with E-state index in [0.717, 1.165) is 25.3 Å². The SMILES string of the molecule is CC1CCCC(C)N1C(=O)Nc1ccccc1C(F)(F)F. The number of hydrogen-bond donors (Lipinski definition) is 1. The van der Waals surface area contributed by atoms with Crippen molar-refractivity contribution in [2.45, 2.75) is 51.4 Å². The second-order valence-electron chi connectivity index (χ2n) is 5.51. The molecule has 1 saturated heterocycles. The smallest absolute Gasteiger partial charge is 0.319 e. The molecule has 1 fully saturated rings. The molecule has 0 aromatic heterocycles. The van der Waals surface area contributed by atoms with Crippen LogP contribution in [0.4, 0.5) is 23.7 Å². The summed E-state index contributed by atoms with van der Waals surface area (Å²) in [4.78, 5) is 14.0. The van der Waals surface area contributed by atoms with Gasteiger partial charge in [0.1, 0.15) is 0 Å². The van der Waals surface area contributed by atoms with Gasteiger partial charge in [0.2, 0.25) is 0 Å². The van der Waals surface area contributed by atoms with Crippen molar-refractivity contribution in [2.24, 2.45) is 0 Å². The van der Waals surface area contributed by atoms with Gasteiger partial charge < -0.3 is 10.2 Å². The van der Waals surface area contributed by atoms with Gasteiger partial charge in [-0.15, -0.1) is 0 Å². The Balaban J connectivity index is 2.20. The Morgan fingerprint density at radius 3 is 2.33 bits per heavy atom. The van der Waals surface area contributed by atoms with E-state index in [2.05, 4.69) is 5.32 Å². The van der Waals surface area contributed by atoms with Crippen molar-refractivity contribution in [2.75, 3.05) is 5.32 Å². The fourth-order valence-electron chi connectivity index (χ4n) is 2.84. The topological polar surface area (TPSA) is 32.3 Å². The van der Waals surface area contributed by atoms with Crippen LogP contribution in [0, 0.1) is 0 Å². The Morgan fingerprint density at radius 1 is 1.19 bits per heavy atom. The van der Waals surface area contributed by atoms with Crippen molar-refractivity contribution >= 4 is 11.7 Å². The first-order chi connectivity index (χ1) is 9.80. The molecule has 1 N–H and O–H groups in total. The summed E-state index contributed by atoms with van der Waals surface area (Å²) in [6, 6.07) is 4.64. The van der Waals surface area contributed by atoms with Crippen LogP contribution in [0.5, 0.6) is 0 Å². The molecule has 0 aliphatic carbocycles. The third-order valence-electron chi connectivity index (χ3n) is 3.90. The van der Waals surface area contributed by atoms with E-state index in [9.17, 15) is 18.0 Å². The van der Waals surface area contributed by atoms with Crippen LogP contribution in [0.2, 0.25) is 0 Å². The third kappa shape index (κ3) is 3.49. The van der Waals surface area contributed by atoms with Gasteiger partial charge in [-0.2, -0.15) is 13.2 Å². The monoisotopic (exact) mass is 300 g/mol. The Kier molecular flexibility index (Phi) is 4.44. The molecule has 1 aliphatic heterocycles. The van der Waals surface area contributed by atoms with Crippen LogP contribution < -0.4 is 5.32 Å². The zero-order chi connectivity index (χ0) is 15.6. The molecule has 0 bridgehead atoms. The molecular formula is C15H19F3N2O. The van der Waals surface area contributed by atoms with Gasteiger partial charge in [0.15, 0.2) is 0 Å². The number of hydrogen-bond acceptors (Lipinski definition) is 1. The Labute approximate surface area is 122 Å². The van der Waals surface area contributed by atoms with Gasteiger partial charge in [-0.05, 0) is 45.2 Å². The number of alkyl halides is 3. The highest BCUT2D eigenvalue weighted by Gasteiger charge is 2.35. The minimum atomic E-state index is -4.48. The molecule has 2 unspecified atom stereocenters. The minimum absolute atomic E-state index is 0.0341. The highest BCUT2D eigenvalue weighted by atomic mass is 19.4. The molecule has 2 atom stereocenters. The number of rotatable bonds is 1. The predicted molar refractivity (Wildman–Crippen MR) is 75.1 cm³/mol. The van der Waals surface area contributed by atoms with Crippen molar-refractivity contribution in [3.8, 4) is 0 Å². The summed E-state index contributed by atoms with van der Waals surface area (Å²) in [5.41, 5.74) is -1.02. The average Bonchev–Trinajstić information content (AvgIpc) is 2.37. The van der Waals surface area contributed by atoms with Crippen molar-refractivity contribution in [3.05, 3.63) is 29.8 Å². The van der Waals surface area contributed by atoms with Crippen LogP contribution >= 0.6 is 0 Å². The van der Waals surface area contributed by atoms with Crippen LogP contribution in [-0.2, 0) is 6.18 Å². The van der Waals surface area contributed by atoms with Gasteiger partial charge in [-0.3, -0.25) is 0 Å². The molecule has 0 saturated carbocycles. The number of amides is 2. The summed E-state index contributed by atoms with van der Waals surface area (Å²) in [5.74, 6) is 0. The lowest BCUT2D eigenvalue weighted by Crippen LogP contribution is -2.49. The lowest BCUT2D eigenvalue weighted by Gasteiger charge is -2.39. The largest absolute Gasteiger partial charge is 0.418 e. The van der Waals surface area contributed by atoms with Crippen LogP contribution in [0.15, 0.2) is 24.3 Å². The first-order valence-electron chi connectivity index (χ1n) is 7.06. The van der Waals surface area contributed by atoms with Gasteiger partial charge >= 0.3 is 12.2 Å². The maximum absolute atomic E-state index is 12.9. The zero-order valence-electron chi connectivity index (χ0n) is 12.1. The van der Waals surface area contributed by atoms with E-state index in [0.29, 0.717) is 0 Å². The fourth-order valence-corrected chi connectivity index (χ4v) is 2.84. The van der Waals surface area contributed by atoms with E-state index in [4.69, 9.17) is 0 Å². The summed E-state index contributed by atoms with van der Waals surface area (Å²) in [5, 5.41) is 2.41. The maximum atomic E-state index is 12.9. The van der Waals surface area contributed by atoms with E-state index >= 15 is 0 Å². The number of nitrogens with one attached hydrogen (secondary N) is 1. The molecule has 3 nitrogen and oxygen atoms in total. The fraction of sp³-hybridized carbons (Fsp3) is 0.533. The van der Waals surface area contributed by atoms with Crippen LogP contribution in [-0.4, -0.2) is 23.0 Å². The summed E-state index contributed by atoms with van der Waals surface area (Å²) < 4.78 is 38.8. The number of anilines is 1. The lowest BCUT2D eigenvalue weighted by molar-refractivity contribution is -0.136. The molecule has 1 aromatic carbocycles. The van der Waals surface area contributed by atoms with E-state index in [1.54, 1.807) is 4.90 Å². The summed E-state index contributed by atoms with van der Waals surface area (Å²) in [7, 11) is 0. The van der Waals surface area contributed by atoms with Gasteiger partial charge in [0.25, 0.3) is 0 Å². The van der Waals surface area contributed by atoms with Gasteiger partial charge in [-0.1, -0.05) is 12.1 Å². The number of para-hydroxylation sites is 1. The molecule has 1 aromatic rings. The van der Waals surface area contributed by atoms with Crippen molar-refractivity contribution in [1.29, 1.82) is 0 Å². The van der Waals surface area contributed by atoms with Crippen molar-refractivity contribution < 1.29 is 18.0 Å². The van der Waals surface area contributed by atoms with E-state index in [1.165, 1.54) is 18.2 Å². The average molecular weight is 300 g/mol. The standard InChI is InChI=1S/C15H19F3N2O/c1-10-6-5-7-11(2)20(10)14(21)19-13-9-4-3-8-12(13)15(16,17)18/h3-4,8-11H,5-7H2,1-2H3,(H,19,21). The predicted octanol–water partition coefficient (Wildman–Crippen LogP) is 4.50. The van der Waals surface area contributed by atoms with Crippen molar-refractivity contribution in [1.82, 2.24) is 4.90 Å². The number of benzene rings is 1. The zero-order valence-corrected chi connectivity index (χ0v) is 12.1. The summed E-state index contributed by atoms with van der Waals surface area (Å²) in [6.07, 6.45) is -1.70.